The summed E-state index contributed by atoms with van der Waals surface area (Å²) in [7, 11) is 0. The third-order valence-electron chi connectivity index (χ3n) is 4.97. The minimum absolute atomic E-state index is 0.440. The summed E-state index contributed by atoms with van der Waals surface area (Å²) in [5.41, 5.74) is 4.68. The first-order valence-corrected chi connectivity index (χ1v) is 7.42. The van der Waals surface area contributed by atoms with E-state index in [1.165, 1.54) is 23.1 Å². The fraction of sp³-hybridized carbons (Fsp3) is 0.625. The molecule has 0 saturated carbocycles. The van der Waals surface area contributed by atoms with Gasteiger partial charge in [-0.1, -0.05) is 44.5 Å². The van der Waals surface area contributed by atoms with Gasteiger partial charge in [0.2, 0.25) is 0 Å². The number of nitrogens with one attached hydrogen (secondary N) is 1. The molecule has 98 valence electrons. The second kappa shape index (κ2) is 4.25. The van der Waals surface area contributed by atoms with Gasteiger partial charge in [-0.2, -0.15) is 0 Å². The van der Waals surface area contributed by atoms with Crippen LogP contribution in [0, 0.1) is 5.41 Å². The first kappa shape index (κ1) is 12.5. The van der Waals surface area contributed by atoms with Crippen molar-refractivity contribution in [2.75, 3.05) is 13.1 Å². The number of halogens is 1. The van der Waals surface area contributed by atoms with E-state index in [4.69, 9.17) is 11.6 Å². The van der Waals surface area contributed by atoms with Crippen LogP contribution in [0.1, 0.15) is 55.7 Å². The molecular weight excluding hydrogens is 242 g/mol. The highest BCUT2D eigenvalue weighted by atomic mass is 35.5. The molecule has 1 aliphatic carbocycles. The molecule has 0 spiro atoms. The molecule has 0 bridgehead atoms. The summed E-state index contributed by atoms with van der Waals surface area (Å²) in [5.74, 6) is 1.16. The molecule has 1 aromatic rings. The second-order valence-electron chi connectivity index (χ2n) is 6.53. The molecule has 1 N–H and O–H groups in total. The lowest BCUT2D eigenvalue weighted by Gasteiger charge is -2.37. The van der Waals surface area contributed by atoms with Gasteiger partial charge in [0.15, 0.2) is 0 Å². The molecule has 0 unspecified atom stereocenters. The summed E-state index contributed by atoms with van der Waals surface area (Å²) >= 11 is 6.64. The fourth-order valence-corrected chi connectivity index (χ4v) is 4.20. The zero-order chi connectivity index (χ0) is 12.9. The molecule has 2 heteroatoms. The van der Waals surface area contributed by atoms with Crippen LogP contribution in [0.3, 0.4) is 0 Å². The van der Waals surface area contributed by atoms with Gasteiger partial charge in [0.05, 0.1) is 0 Å². The van der Waals surface area contributed by atoms with Gasteiger partial charge in [-0.25, -0.2) is 0 Å². The van der Waals surface area contributed by atoms with Crippen molar-refractivity contribution in [2.24, 2.45) is 5.41 Å². The fourth-order valence-electron chi connectivity index (χ4n) is 3.71. The Kier molecular flexibility index (Phi) is 2.95. The van der Waals surface area contributed by atoms with E-state index in [1.807, 2.05) is 0 Å². The monoisotopic (exact) mass is 263 g/mol. The highest BCUT2D eigenvalue weighted by Crippen LogP contribution is 2.49. The maximum absolute atomic E-state index is 6.64. The molecule has 1 nitrogen and oxygen atoms in total. The van der Waals surface area contributed by atoms with Crippen molar-refractivity contribution < 1.29 is 0 Å². The largest absolute Gasteiger partial charge is 0.316 e. The molecule has 1 aromatic carbocycles. The van der Waals surface area contributed by atoms with Gasteiger partial charge < -0.3 is 5.32 Å². The maximum atomic E-state index is 6.64. The van der Waals surface area contributed by atoms with E-state index in [1.54, 1.807) is 0 Å². The van der Waals surface area contributed by atoms with Crippen LogP contribution in [0.25, 0.3) is 0 Å². The van der Waals surface area contributed by atoms with Crippen LogP contribution < -0.4 is 5.32 Å². The SMILES string of the molecule is CC(C)c1ccc2c(c1Cl)CC[C@@]1(C)CNC[C@H]21. The van der Waals surface area contributed by atoms with Crippen LogP contribution in [0.5, 0.6) is 0 Å². The smallest absolute Gasteiger partial charge is 0.0475 e. The average Bonchev–Trinajstić information content (AvgIpc) is 2.71. The van der Waals surface area contributed by atoms with Gasteiger partial charge >= 0.3 is 0 Å². The van der Waals surface area contributed by atoms with Crippen LogP contribution >= 0.6 is 11.6 Å². The van der Waals surface area contributed by atoms with Crippen LogP contribution in [0.4, 0.5) is 0 Å². The molecule has 1 aliphatic heterocycles. The molecule has 2 aliphatic rings. The molecule has 3 rings (SSSR count). The van der Waals surface area contributed by atoms with Crippen molar-refractivity contribution >= 4 is 11.6 Å². The van der Waals surface area contributed by atoms with E-state index in [2.05, 4.69) is 38.2 Å². The second-order valence-corrected chi connectivity index (χ2v) is 6.91. The van der Waals surface area contributed by atoms with Crippen LogP contribution in [0.15, 0.2) is 12.1 Å². The molecule has 1 heterocycles. The van der Waals surface area contributed by atoms with Crippen molar-refractivity contribution in [3.8, 4) is 0 Å². The molecule has 1 fully saturated rings. The van der Waals surface area contributed by atoms with Gasteiger partial charge in [0.25, 0.3) is 0 Å². The normalized spacial score (nSPS) is 30.4. The predicted octanol–water partition coefficient (Wildman–Crippen LogP) is 4.10. The zero-order valence-corrected chi connectivity index (χ0v) is 12.3. The number of hydrogen-bond donors (Lipinski definition) is 1. The minimum Gasteiger partial charge on any atom is -0.316 e. The van der Waals surface area contributed by atoms with Gasteiger partial charge in [-0.15, -0.1) is 0 Å². The third kappa shape index (κ3) is 1.71. The predicted molar refractivity (Wildman–Crippen MR) is 77.6 cm³/mol. The molecule has 18 heavy (non-hydrogen) atoms. The Bertz CT molecular complexity index is 480. The van der Waals surface area contributed by atoms with Gasteiger partial charge in [0, 0.05) is 24.0 Å². The Morgan fingerprint density at radius 1 is 1.39 bits per heavy atom. The highest BCUT2D eigenvalue weighted by molar-refractivity contribution is 6.32. The quantitative estimate of drug-likeness (QED) is 0.804. The summed E-state index contributed by atoms with van der Waals surface area (Å²) in [6.45, 7) is 9.13. The first-order chi connectivity index (χ1) is 8.53. The Balaban J connectivity index is 2.10. The first-order valence-electron chi connectivity index (χ1n) is 7.05. The van der Waals surface area contributed by atoms with Crippen LogP contribution in [-0.4, -0.2) is 13.1 Å². The van der Waals surface area contributed by atoms with E-state index in [-0.39, 0.29) is 0 Å². The lowest BCUT2D eigenvalue weighted by Crippen LogP contribution is -2.30. The Labute approximate surface area is 115 Å². The lowest BCUT2D eigenvalue weighted by atomic mass is 9.66. The maximum Gasteiger partial charge on any atom is 0.0475 e. The molecule has 2 atom stereocenters. The molecular formula is C16H22ClN. The van der Waals surface area contributed by atoms with Crippen molar-refractivity contribution in [3.05, 3.63) is 33.8 Å². The Morgan fingerprint density at radius 3 is 2.89 bits per heavy atom. The van der Waals surface area contributed by atoms with Gasteiger partial charge in [0.1, 0.15) is 0 Å². The molecule has 0 amide bonds. The van der Waals surface area contributed by atoms with E-state index in [0.29, 0.717) is 17.3 Å². The number of fused-ring (bicyclic) bond motifs is 3. The summed E-state index contributed by atoms with van der Waals surface area (Å²) in [4.78, 5) is 0. The van der Waals surface area contributed by atoms with Crippen molar-refractivity contribution in [1.29, 1.82) is 0 Å². The topological polar surface area (TPSA) is 12.0 Å². The standard InChI is InChI=1S/C16H22ClN/c1-10(2)11-4-5-12-13(15(11)17)6-7-16(3)9-18-8-14(12)16/h4-5,10,14,18H,6-9H2,1-3H3/t14-,16+/m1/s1. The third-order valence-corrected chi connectivity index (χ3v) is 5.42. The highest BCUT2D eigenvalue weighted by Gasteiger charge is 2.43. The minimum atomic E-state index is 0.440. The van der Waals surface area contributed by atoms with Crippen LogP contribution in [-0.2, 0) is 6.42 Å². The number of benzene rings is 1. The van der Waals surface area contributed by atoms with E-state index < -0.39 is 0 Å². The van der Waals surface area contributed by atoms with Crippen molar-refractivity contribution in [2.45, 2.75) is 45.4 Å². The van der Waals surface area contributed by atoms with Crippen molar-refractivity contribution in [3.63, 3.8) is 0 Å². The Morgan fingerprint density at radius 2 is 2.17 bits per heavy atom. The summed E-state index contributed by atoms with van der Waals surface area (Å²) in [6.07, 6.45) is 2.41. The van der Waals surface area contributed by atoms with E-state index >= 15 is 0 Å². The summed E-state index contributed by atoms with van der Waals surface area (Å²) in [6, 6.07) is 4.58. The van der Waals surface area contributed by atoms with Crippen molar-refractivity contribution in [1.82, 2.24) is 5.32 Å². The van der Waals surface area contributed by atoms with Gasteiger partial charge in [-0.05, 0) is 40.9 Å². The average molecular weight is 264 g/mol. The summed E-state index contributed by atoms with van der Waals surface area (Å²) in [5, 5.41) is 4.60. The molecule has 0 radical (unpaired) electrons. The molecule has 0 aromatic heterocycles. The van der Waals surface area contributed by atoms with E-state index in [0.717, 1.165) is 24.5 Å². The number of hydrogen-bond acceptors (Lipinski definition) is 1. The van der Waals surface area contributed by atoms with Gasteiger partial charge in [-0.3, -0.25) is 0 Å². The summed E-state index contributed by atoms with van der Waals surface area (Å²) < 4.78 is 0. The zero-order valence-electron chi connectivity index (χ0n) is 11.5. The lowest BCUT2D eigenvalue weighted by molar-refractivity contribution is 0.277. The molecule has 1 saturated heterocycles. The van der Waals surface area contributed by atoms with E-state index in [9.17, 15) is 0 Å². The Hall–Kier alpha value is -0.530. The van der Waals surface area contributed by atoms with Crippen LogP contribution in [0.2, 0.25) is 5.02 Å². The number of rotatable bonds is 1.